The summed E-state index contributed by atoms with van der Waals surface area (Å²) in [5, 5.41) is 18.1. The molecule has 4 heteroatoms. The SMILES string of the molecule is CC1CCC(O)CC1.COc1cc(C=O)ccc1O. The van der Waals surface area contributed by atoms with Gasteiger partial charge in [-0.05, 0) is 49.8 Å². The number of aromatic hydroxyl groups is 1. The van der Waals surface area contributed by atoms with Gasteiger partial charge in [-0.2, -0.15) is 0 Å². The maximum absolute atomic E-state index is 10.2. The maximum Gasteiger partial charge on any atom is 0.161 e. The van der Waals surface area contributed by atoms with Crippen LogP contribution >= 0.6 is 0 Å². The van der Waals surface area contributed by atoms with Crippen molar-refractivity contribution < 1.29 is 19.7 Å². The Balaban J connectivity index is 0.000000200. The van der Waals surface area contributed by atoms with Crippen molar-refractivity contribution in [1.29, 1.82) is 0 Å². The summed E-state index contributed by atoms with van der Waals surface area (Å²) in [6.07, 6.45) is 5.22. The van der Waals surface area contributed by atoms with E-state index in [9.17, 15) is 4.79 Å². The molecule has 1 aromatic rings. The van der Waals surface area contributed by atoms with Gasteiger partial charge in [0.15, 0.2) is 11.5 Å². The van der Waals surface area contributed by atoms with Gasteiger partial charge in [0.05, 0.1) is 13.2 Å². The fourth-order valence-electron chi connectivity index (χ4n) is 2.01. The molecule has 0 heterocycles. The van der Waals surface area contributed by atoms with E-state index in [1.807, 2.05) is 0 Å². The summed E-state index contributed by atoms with van der Waals surface area (Å²) in [6, 6.07) is 4.41. The van der Waals surface area contributed by atoms with Crippen LogP contribution in [0.1, 0.15) is 43.0 Å². The molecule has 0 atom stereocenters. The zero-order valence-electron chi connectivity index (χ0n) is 11.5. The van der Waals surface area contributed by atoms with Crippen LogP contribution in [0.3, 0.4) is 0 Å². The third-order valence-electron chi connectivity index (χ3n) is 3.33. The molecule has 0 radical (unpaired) electrons. The Morgan fingerprint density at radius 3 is 2.37 bits per heavy atom. The number of phenolic OH excluding ortho intramolecular Hbond substituents is 1. The number of benzene rings is 1. The molecule has 106 valence electrons. The van der Waals surface area contributed by atoms with E-state index in [1.165, 1.54) is 38.2 Å². The fourth-order valence-corrected chi connectivity index (χ4v) is 2.01. The third-order valence-corrected chi connectivity index (χ3v) is 3.33. The summed E-state index contributed by atoms with van der Waals surface area (Å²) in [5.74, 6) is 1.21. The first kappa shape index (κ1) is 15.5. The molecule has 1 aromatic carbocycles. The van der Waals surface area contributed by atoms with Crippen molar-refractivity contribution >= 4 is 6.29 Å². The second kappa shape index (κ2) is 7.79. The number of hydrogen-bond donors (Lipinski definition) is 2. The van der Waals surface area contributed by atoms with Crippen molar-refractivity contribution in [3.63, 3.8) is 0 Å². The third kappa shape index (κ3) is 5.30. The molecule has 0 saturated heterocycles. The van der Waals surface area contributed by atoms with Crippen LogP contribution in [-0.2, 0) is 0 Å². The molecule has 1 saturated carbocycles. The van der Waals surface area contributed by atoms with Crippen molar-refractivity contribution in [3.8, 4) is 11.5 Å². The number of ether oxygens (including phenoxy) is 1. The maximum atomic E-state index is 10.2. The van der Waals surface area contributed by atoms with Crippen LogP contribution in [0.2, 0.25) is 0 Å². The minimum atomic E-state index is 0.0196. The standard InChI is InChI=1S/C8H8O3.C7H14O/c1-11-8-4-6(5-9)2-3-7(8)10;1-6-2-4-7(8)5-3-6/h2-5,10H,1H3;6-8H,2-5H2,1H3. The lowest BCUT2D eigenvalue weighted by Gasteiger charge is -2.21. The predicted octanol–water partition coefficient (Wildman–Crippen LogP) is 2.77. The molecular formula is C15H22O4. The van der Waals surface area contributed by atoms with Crippen molar-refractivity contribution in [1.82, 2.24) is 0 Å². The highest BCUT2D eigenvalue weighted by Crippen LogP contribution is 2.25. The van der Waals surface area contributed by atoms with Crippen molar-refractivity contribution in [2.45, 2.75) is 38.7 Å². The fraction of sp³-hybridized carbons (Fsp3) is 0.533. The quantitative estimate of drug-likeness (QED) is 0.808. The number of carbonyl (C=O) groups excluding carboxylic acids is 1. The Morgan fingerprint density at radius 2 is 1.89 bits per heavy atom. The van der Waals surface area contributed by atoms with Gasteiger partial charge in [-0.1, -0.05) is 6.92 Å². The van der Waals surface area contributed by atoms with Gasteiger partial charge in [-0.3, -0.25) is 4.79 Å². The number of methoxy groups -OCH3 is 1. The molecule has 2 N–H and O–H groups in total. The summed E-state index contributed by atoms with van der Waals surface area (Å²) < 4.78 is 4.78. The molecule has 0 bridgehead atoms. The largest absolute Gasteiger partial charge is 0.504 e. The monoisotopic (exact) mass is 266 g/mol. The Morgan fingerprint density at radius 1 is 1.26 bits per heavy atom. The van der Waals surface area contributed by atoms with Crippen LogP contribution in [-0.4, -0.2) is 29.7 Å². The van der Waals surface area contributed by atoms with E-state index in [4.69, 9.17) is 14.9 Å². The van der Waals surface area contributed by atoms with Gasteiger partial charge in [-0.25, -0.2) is 0 Å². The van der Waals surface area contributed by atoms with Crippen LogP contribution in [0.25, 0.3) is 0 Å². The topological polar surface area (TPSA) is 66.8 Å². The molecule has 0 amide bonds. The number of aldehydes is 1. The van der Waals surface area contributed by atoms with Crippen molar-refractivity contribution in [3.05, 3.63) is 23.8 Å². The lowest BCUT2D eigenvalue weighted by molar-refractivity contribution is 0.112. The number of aliphatic hydroxyl groups excluding tert-OH is 1. The molecule has 4 nitrogen and oxygen atoms in total. The average Bonchev–Trinajstić information content (AvgIpc) is 2.43. The van der Waals surface area contributed by atoms with Crippen molar-refractivity contribution in [2.24, 2.45) is 5.92 Å². The molecule has 0 spiro atoms. The first-order valence-electron chi connectivity index (χ1n) is 6.57. The Kier molecular flexibility index (Phi) is 6.36. The molecule has 19 heavy (non-hydrogen) atoms. The number of carbonyl (C=O) groups is 1. The van der Waals surface area contributed by atoms with Gasteiger partial charge < -0.3 is 14.9 Å². The van der Waals surface area contributed by atoms with E-state index in [0.717, 1.165) is 18.8 Å². The number of aliphatic hydroxyl groups is 1. The molecule has 1 aliphatic carbocycles. The smallest absolute Gasteiger partial charge is 0.161 e. The van der Waals surface area contributed by atoms with E-state index in [-0.39, 0.29) is 11.9 Å². The normalized spacial score (nSPS) is 22.1. The van der Waals surface area contributed by atoms with E-state index in [0.29, 0.717) is 17.6 Å². The molecular weight excluding hydrogens is 244 g/mol. The highest BCUT2D eigenvalue weighted by Gasteiger charge is 2.14. The molecule has 0 aromatic heterocycles. The van der Waals surface area contributed by atoms with Gasteiger partial charge in [0, 0.05) is 5.56 Å². The van der Waals surface area contributed by atoms with Crippen LogP contribution in [0.15, 0.2) is 18.2 Å². The average molecular weight is 266 g/mol. The van der Waals surface area contributed by atoms with Crippen LogP contribution in [0, 0.1) is 5.92 Å². The summed E-state index contributed by atoms with van der Waals surface area (Å²) in [5.41, 5.74) is 0.486. The molecule has 0 unspecified atom stereocenters. The molecule has 1 fully saturated rings. The molecule has 0 aliphatic heterocycles. The van der Waals surface area contributed by atoms with Gasteiger partial charge >= 0.3 is 0 Å². The Bertz CT molecular complexity index is 385. The number of hydrogen-bond acceptors (Lipinski definition) is 4. The van der Waals surface area contributed by atoms with Gasteiger partial charge in [0.1, 0.15) is 6.29 Å². The lowest BCUT2D eigenvalue weighted by Crippen LogP contribution is -2.15. The second-order valence-electron chi connectivity index (χ2n) is 4.96. The summed E-state index contributed by atoms with van der Waals surface area (Å²) in [7, 11) is 1.43. The predicted molar refractivity (Wildman–Crippen MR) is 73.7 cm³/mol. The highest BCUT2D eigenvalue weighted by atomic mass is 16.5. The number of rotatable bonds is 2. The lowest BCUT2D eigenvalue weighted by atomic mass is 9.89. The number of phenols is 1. The molecule has 1 aliphatic rings. The zero-order valence-corrected chi connectivity index (χ0v) is 11.5. The van der Waals surface area contributed by atoms with Gasteiger partial charge in [-0.15, -0.1) is 0 Å². The van der Waals surface area contributed by atoms with Crippen LogP contribution < -0.4 is 4.74 Å². The van der Waals surface area contributed by atoms with E-state index in [1.54, 1.807) is 0 Å². The Hall–Kier alpha value is -1.55. The first-order chi connectivity index (χ1) is 9.06. The van der Waals surface area contributed by atoms with Gasteiger partial charge in [0.2, 0.25) is 0 Å². The minimum Gasteiger partial charge on any atom is -0.504 e. The second-order valence-corrected chi connectivity index (χ2v) is 4.96. The van der Waals surface area contributed by atoms with E-state index in [2.05, 4.69) is 6.92 Å². The minimum absolute atomic E-state index is 0.0196. The zero-order chi connectivity index (χ0) is 14.3. The highest BCUT2D eigenvalue weighted by molar-refractivity contribution is 5.76. The van der Waals surface area contributed by atoms with Crippen LogP contribution in [0.5, 0.6) is 11.5 Å². The molecule has 2 rings (SSSR count). The van der Waals surface area contributed by atoms with Crippen molar-refractivity contribution in [2.75, 3.05) is 7.11 Å². The van der Waals surface area contributed by atoms with E-state index >= 15 is 0 Å². The summed E-state index contributed by atoms with van der Waals surface area (Å²) in [4.78, 5) is 10.2. The van der Waals surface area contributed by atoms with E-state index < -0.39 is 0 Å². The van der Waals surface area contributed by atoms with Gasteiger partial charge in [0.25, 0.3) is 0 Å². The first-order valence-corrected chi connectivity index (χ1v) is 6.57. The summed E-state index contributed by atoms with van der Waals surface area (Å²) >= 11 is 0. The summed E-state index contributed by atoms with van der Waals surface area (Å²) in [6.45, 7) is 2.26. The van der Waals surface area contributed by atoms with Crippen LogP contribution in [0.4, 0.5) is 0 Å². The Labute approximate surface area is 114 Å².